The Hall–Kier alpha value is -1.96. The van der Waals surface area contributed by atoms with E-state index in [4.69, 9.17) is 0 Å². The van der Waals surface area contributed by atoms with Crippen molar-refractivity contribution in [1.29, 1.82) is 0 Å². The summed E-state index contributed by atoms with van der Waals surface area (Å²) in [5.74, 6) is 0. The van der Waals surface area contributed by atoms with Crippen LogP contribution in [0, 0.1) is 13.8 Å². The van der Waals surface area contributed by atoms with E-state index in [0.29, 0.717) is 0 Å². The quantitative estimate of drug-likeness (QED) is 0.757. The number of hydrazine groups is 1. The van der Waals surface area contributed by atoms with Crippen molar-refractivity contribution in [3.63, 3.8) is 0 Å². The molecule has 0 radical (unpaired) electrons. The van der Waals surface area contributed by atoms with Gasteiger partial charge in [-0.1, -0.05) is 24.3 Å². The van der Waals surface area contributed by atoms with Crippen molar-refractivity contribution < 1.29 is 0 Å². The largest absolute Gasteiger partial charge is 0.301 e. The molecular weight excluding hydrogens is 196 g/mol. The summed E-state index contributed by atoms with van der Waals surface area (Å²) in [5.41, 5.74) is 11.0. The fourth-order valence-corrected chi connectivity index (χ4v) is 1.71. The van der Waals surface area contributed by atoms with Gasteiger partial charge >= 0.3 is 0 Å². The van der Waals surface area contributed by atoms with Crippen molar-refractivity contribution in [1.82, 2.24) is 0 Å². The minimum Gasteiger partial charge on any atom is -0.301 e. The first-order valence-corrected chi connectivity index (χ1v) is 5.39. The third kappa shape index (κ3) is 2.76. The second kappa shape index (κ2) is 4.71. The van der Waals surface area contributed by atoms with E-state index in [1.807, 2.05) is 30.3 Å². The van der Waals surface area contributed by atoms with Gasteiger partial charge in [-0.15, -0.1) is 0 Å². The molecule has 2 heteroatoms. The summed E-state index contributed by atoms with van der Waals surface area (Å²) in [6, 6.07) is 16.4. The molecule has 16 heavy (non-hydrogen) atoms. The molecule has 2 N–H and O–H groups in total. The highest BCUT2D eigenvalue weighted by molar-refractivity contribution is 5.54. The number of anilines is 2. The van der Waals surface area contributed by atoms with E-state index in [2.05, 4.69) is 42.9 Å². The highest BCUT2D eigenvalue weighted by Gasteiger charge is 1.94. The zero-order valence-corrected chi connectivity index (χ0v) is 9.62. The van der Waals surface area contributed by atoms with Gasteiger partial charge in [0.1, 0.15) is 0 Å². The minimum absolute atomic E-state index is 1.06. The number of hydrogen-bond acceptors (Lipinski definition) is 2. The molecule has 0 fully saturated rings. The highest BCUT2D eigenvalue weighted by atomic mass is 15.4. The lowest BCUT2D eigenvalue weighted by Gasteiger charge is -2.11. The summed E-state index contributed by atoms with van der Waals surface area (Å²) in [6.45, 7) is 4.20. The van der Waals surface area contributed by atoms with Crippen molar-refractivity contribution in [2.24, 2.45) is 0 Å². The van der Waals surface area contributed by atoms with E-state index in [1.165, 1.54) is 11.1 Å². The molecule has 2 nitrogen and oxygen atoms in total. The molecular formula is C14H16N2. The lowest BCUT2D eigenvalue weighted by Crippen LogP contribution is -2.08. The van der Waals surface area contributed by atoms with Crippen LogP contribution >= 0.6 is 0 Å². The van der Waals surface area contributed by atoms with Crippen LogP contribution in [-0.2, 0) is 0 Å². The fourth-order valence-electron chi connectivity index (χ4n) is 1.71. The Balaban J connectivity index is 2.05. The van der Waals surface area contributed by atoms with E-state index in [1.54, 1.807) is 0 Å². The Kier molecular flexibility index (Phi) is 3.10. The summed E-state index contributed by atoms with van der Waals surface area (Å²) in [4.78, 5) is 0. The number of aryl methyl sites for hydroxylation is 2. The van der Waals surface area contributed by atoms with Crippen LogP contribution in [0.5, 0.6) is 0 Å². The van der Waals surface area contributed by atoms with Crippen LogP contribution in [0.4, 0.5) is 11.4 Å². The maximum Gasteiger partial charge on any atom is 0.0545 e. The second-order valence-electron chi connectivity index (χ2n) is 3.99. The van der Waals surface area contributed by atoms with Crippen LogP contribution in [0.25, 0.3) is 0 Å². The molecule has 0 heterocycles. The number of benzene rings is 2. The molecule has 0 aliphatic carbocycles. The van der Waals surface area contributed by atoms with Crippen LogP contribution in [0.1, 0.15) is 11.1 Å². The van der Waals surface area contributed by atoms with E-state index < -0.39 is 0 Å². The van der Waals surface area contributed by atoms with E-state index >= 15 is 0 Å². The number of nitrogens with one attached hydrogen (secondary N) is 2. The average molecular weight is 212 g/mol. The van der Waals surface area contributed by atoms with E-state index in [0.717, 1.165) is 11.4 Å². The van der Waals surface area contributed by atoms with Gasteiger partial charge < -0.3 is 10.9 Å². The van der Waals surface area contributed by atoms with Gasteiger partial charge in [0, 0.05) is 0 Å². The highest BCUT2D eigenvalue weighted by Crippen LogP contribution is 2.14. The van der Waals surface area contributed by atoms with Gasteiger partial charge in [-0.25, -0.2) is 0 Å². The van der Waals surface area contributed by atoms with Crippen LogP contribution in [-0.4, -0.2) is 0 Å². The summed E-state index contributed by atoms with van der Waals surface area (Å²) >= 11 is 0. The third-order valence-corrected chi connectivity index (χ3v) is 2.35. The first kappa shape index (κ1) is 10.6. The van der Waals surface area contributed by atoms with Crippen LogP contribution in [0.2, 0.25) is 0 Å². The zero-order chi connectivity index (χ0) is 11.4. The molecule has 82 valence electrons. The van der Waals surface area contributed by atoms with Crippen LogP contribution < -0.4 is 10.9 Å². The Morgan fingerprint density at radius 1 is 0.688 bits per heavy atom. The summed E-state index contributed by atoms with van der Waals surface area (Å²) in [7, 11) is 0. The van der Waals surface area contributed by atoms with Crippen molar-refractivity contribution in [2.75, 3.05) is 10.9 Å². The molecule has 0 saturated heterocycles. The van der Waals surface area contributed by atoms with E-state index in [9.17, 15) is 0 Å². The van der Waals surface area contributed by atoms with Gasteiger partial charge in [-0.05, 0) is 49.2 Å². The zero-order valence-electron chi connectivity index (χ0n) is 9.62. The maximum atomic E-state index is 3.19. The topological polar surface area (TPSA) is 24.1 Å². The number of rotatable bonds is 3. The van der Waals surface area contributed by atoms with Gasteiger partial charge in [0.25, 0.3) is 0 Å². The Morgan fingerprint density at radius 3 is 1.88 bits per heavy atom. The molecule has 0 saturated carbocycles. The lowest BCUT2D eigenvalue weighted by atomic mass is 10.1. The molecule has 0 spiro atoms. The Bertz CT molecular complexity index is 443. The summed E-state index contributed by atoms with van der Waals surface area (Å²) in [6.07, 6.45) is 0. The van der Waals surface area contributed by atoms with Crippen LogP contribution in [0.3, 0.4) is 0 Å². The lowest BCUT2D eigenvalue weighted by molar-refractivity contribution is 1.34. The average Bonchev–Trinajstić information content (AvgIpc) is 2.27. The van der Waals surface area contributed by atoms with E-state index in [-0.39, 0.29) is 0 Å². The van der Waals surface area contributed by atoms with Gasteiger partial charge in [-0.3, -0.25) is 0 Å². The molecule has 0 bridgehead atoms. The predicted molar refractivity (Wildman–Crippen MR) is 69.6 cm³/mol. The molecule has 0 unspecified atom stereocenters. The normalized spacial score (nSPS) is 9.88. The van der Waals surface area contributed by atoms with Gasteiger partial charge in [0.2, 0.25) is 0 Å². The standard InChI is InChI=1S/C14H16N2/c1-11-8-12(2)10-14(9-11)16-15-13-6-4-3-5-7-13/h3-10,15-16H,1-2H3. The van der Waals surface area contributed by atoms with Gasteiger partial charge in [0.15, 0.2) is 0 Å². The van der Waals surface area contributed by atoms with Crippen molar-refractivity contribution in [3.05, 3.63) is 59.7 Å². The predicted octanol–water partition coefficient (Wildman–Crippen LogP) is 3.74. The number of para-hydroxylation sites is 1. The summed E-state index contributed by atoms with van der Waals surface area (Å²) < 4.78 is 0. The van der Waals surface area contributed by atoms with Crippen molar-refractivity contribution >= 4 is 11.4 Å². The molecule has 0 aliphatic heterocycles. The molecule has 0 amide bonds. The molecule has 0 aromatic heterocycles. The third-order valence-electron chi connectivity index (χ3n) is 2.35. The summed E-state index contributed by atoms with van der Waals surface area (Å²) in [5, 5.41) is 0. The first-order chi connectivity index (χ1) is 7.74. The molecule has 2 aromatic carbocycles. The SMILES string of the molecule is Cc1cc(C)cc(NNc2ccccc2)c1. The first-order valence-electron chi connectivity index (χ1n) is 5.39. The van der Waals surface area contributed by atoms with Crippen LogP contribution in [0.15, 0.2) is 48.5 Å². The minimum atomic E-state index is 1.06. The Labute approximate surface area is 96.3 Å². The number of hydrogen-bond donors (Lipinski definition) is 2. The maximum absolute atomic E-state index is 3.19. The monoisotopic (exact) mass is 212 g/mol. The molecule has 2 aromatic rings. The van der Waals surface area contributed by atoms with Crippen molar-refractivity contribution in [3.8, 4) is 0 Å². The molecule has 0 atom stereocenters. The molecule has 0 aliphatic rings. The Morgan fingerprint density at radius 2 is 1.25 bits per heavy atom. The fraction of sp³-hybridized carbons (Fsp3) is 0.143. The van der Waals surface area contributed by atoms with Gasteiger partial charge in [0.05, 0.1) is 11.4 Å². The smallest absolute Gasteiger partial charge is 0.0545 e. The molecule has 2 rings (SSSR count). The van der Waals surface area contributed by atoms with Gasteiger partial charge in [-0.2, -0.15) is 0 Å². The van der Waals surface area contributed by atoms with Crippen molar-refractivity contribution in [2.45, 2.75) is 13.8 Å². The second-order valence-corrected chi connectivity index (χ2v) is 3.99.